The van der Waals surface area contributed by atoms with Crippen LogP contribution in [0.15, 0.2) is 24.3 Å². The zero-order valence-corrected chi connectivity index (χ0v) is 11.8. The first-order valence-corrected chi connectivity index (χ1v) is 8.07. The standard InChI is InChI=1S/C16H19FOS/c17-13-4-1-3-11(7-13)8-16(18)12-9-14-5-2-6-15(10-12)19-14/h1,3-4,7,12,14-15H,2,5-6,8-10H2. The maximum atomic E-state index is 13.1. The largest absolute Gasteiger partial charge is 0.299 e. The van der Waals surface area contributed by atoms with Crippen LogP contribution in [0.4, 0.5) is 4.39 Å². The van der Waals surface area contributed by atoms with E-state index in [0.717, 1.165) is 18.4 Å². The molecule has 1 nitrogen and oxygen atoms in total. The Hall–Kier alpha value is -0.830. The number of benzene rings is 1. The number of fused-ring (bicyclic) bond motifs is 2. The maximum absolute atomic E-state index is 13.1. The molecule has 0 radical (unpaired) electrons. The van der Waals surface area contributed by atoms with E-state index in [1.54, 1.807) is 6.07 Å². The highest BCUT2D eigenvalue weighted by Gasteiger charge is 2.35. The van der Waals surface area contributed by atoms with E-state index in [-0.39, 0.29) is 11.7 Å². The Morgan fingerprint density at radius 3 is 2.68 bits per heavy atom. The Bertz CT molecular complexity index is 462. The van der Waals surface area contributed by atoms with Crippen LogP contribution in [0.3, 0.4) is 0 Å². The minimum atomic E-state index is -0.249. The molecule has 2 aliphatic heterocycles. The summed E-state index contributed by atoms with van der Waals surface area (Å²) in [6, 6.07) is 6.44. The van der Waals surface area contributed by atoms with Gasteiger partial charge in [-0.15, -0.1) is 0 Å². The molecule has 2 saturated heterocycles. The molecule has 3 rings (SSSR count). The lowest BCUT2D eigenvalue weighted by atomic mass is 9.85. The lowest BCUT2D eigenvalue weighted by Crippen LogP contribution is -2.33. The monoisotopic (exact) mass is 278 g/mol. The fourth-order valence-electron chi connectivity index (χ4n) is 3.31. The number of hydrogen-bond acceptors (Lipinski definition) is 2. The molecule has 2 atom stereocenters. The predicted octanol–water partition coefficient (Wildman–Crippen LogP) is 4.00. The molecule has 0 aliphatic carbocycles. The van der Waals surface area contributed by atoms with Crippen LogP contribution < -0.4 is 0 Å². The van der Waals surface area contributed by atoms with Crippen LogP contribution >= 0.6 is 11.8 Å². The number of Topliss-reactive ketones (excluding diaryl/α,β-unsaturated/α-hetero) is 1. The quantitative estimate of drug-likeness (QED) is 0.831. The van der Waals surface area contributed by atoms with Crippen molar-refractivity contribution >= 4 is 17.5 Å². The summed E-state index contributed by atoms with van der Waals surface area (Å²) in [5, 5.41) is 1.38. The summed E-state index contributed by atoms with van der Waals surface area (Å²) in [5.41, 5.74) is 0.813. The van der Waals surface area contributed by atoms with E-state index in [1.807, 2.05) is 6.07 Å². The highest BCUT2D eigenvalue weighted by atomic mass is 32.2. The summed E-state index contributed by atoms with van der Waals surface area (Å²) in [4.78, 5) is 12.4. The zero-order valence-electron chi connectivity index (χ0n) is 11.0. The van der Waals surface area contributed by atoms with Crippen LogP contribution in [0.2, 0.25) is 0 Å². The van der Waals surface area contributed by atoms with Crippen molar-refractivity contribution in [1.29, 1.82) is 0 Å². The van der Waals surface area contributed by atoms with Crippen molar-refractivity contribution in [3.63, 3.8) is 0 Å². The van der Waals surface area contributed by atoms with Crippen LogP contribution in [0.25, 0.3) is 0 Å². The third-order valence-corrected chi connectivity index (χ3v) is 5.88. The van der Waals surface area contributed by atoms with Crippen molar-refractivity contribution in [3.8, 4) is 0 Å². The first-order chi connectivity index (χ1) is 9.20. The van der Waals surface area contributed by atoms with Gasteiger partial charge >= 0.3 is 0 Å². The molecule has 0 saturated carbocycles. The second kappa shape index (κ2) is 5.66. The highest BCUT2D eigenvalue weighted by Crippen LogP contribution is 2.44. The van der Waals surface area contributed by atoms with E-state index in [2.05, 4.69) is 11.8 Å². The topological polar surface area (TPSA) is 17.1 Å². The summed E-state index contributed by atoms with van der Waals surface area (Å²) in [6.07, 6.45) is 6.33. The average molecular weight is 278 g/mol. The van der Waals surface area contributed by atoms with Gasteiger partial charge in [0.15, 0.2) is 0 Å². The van der Waals surface area contributed by atoms with E-state index in [9.17, 15) is 9.18 Å². The molecule has 3 heteroatoms. The molecular formula is C16H19FOS. The van der Waals surface area contributed by atoms with E-state index in [4.69, 9.17) is 0 Å². The van der Waals surface area contributed by atoms with E-state index < -0.39 is 0 Å². The number of ketones is 1. The van der Waals surface area contributed by atoms with Crippen LogP contribution in [-0.4, -0.2) is 16.3 Å². The third kappa shape index (κ3) is 3.19. The van der Waals surface area contributed by atoms with Gasteiger partial charge in [-0.3, -0.25) is 4.79 Å². The minimum absolute atomic E-state index is 0.208. The molecule has 2 heterocycles. The molecule has 0 spiro atoms. The van der Waals surface area contributed by atoms with Gasteiger partial charge in [0.05, 0.1) is 0 Å². The van der Waals surface area contributed by atoms with Crippen LogP contribution in [0.1, 0.15) is 37.7 Å². The van der Waals surface area contributed by atoms with E-state index >= 15 is 0 Å². The van der Waals surface area contributed by atoms with E-state index in [1.165, 1.54) is 31.4 Å². The van der Waals surface area contributed by atoms with E-state index in [0.29, 0.717) is 22.7 Å². The van der Waals surface area contributed by atoms with Crippen molar-refractivity contribution < 1.29 is 9.18 Å². The van der Waals surface area contributed by atoms with Gasteiger partial charge < -0.3 is 0 Å². The van der Waals surface area contributed by atoms with Gasteiger partial charge in [0.2, 0.25) is 0 Å². The van der Waals surface area contributed by atoms with Gasteiger partial charge in [0, 0.05) is 22.8 Å². The smallest absolute Gasteiger partial charge is 0.140 e. The molecule has 2 aliphatic rings. The molecule has 2 bridgehead atoms. The van der Waals surface area contributed by atoms with Crippen molar-refractivity contribution in [2.45, 2.75) is 49.0 Å². The SMILES string of the molecule is O=C(Cc1cccc(F)c1)C1CC2CCCC(C1)S2. The maximum Gasteiger partial charge on any atom is 0.140 e. The Balaban J connectivity index is 1.64. The van der Waals surface area contributed by atoms with Gasteiger partial charge in [-0.1, -0.05) is 18.6 Å². The van der Waals surface area contributed by atoms with Crippen molar-refractivity contribution in [2.24, 2.45) is 5.92 Å². The van der Waals surface area contributed by atoms with Gasteiger partial charge in [0.1, 0.15) is 11.6 Å². The number of thioether (sulfide) groups is 1. The Labute approximate surface area is 118 Å². The van der Waals surface area contributed by atoms with Crippen LogP contribution in [-0.2, 0) is 11.2 Å². The Morgan fingerprint density at radius 1 is 1.26 bits per heavy atom. The van der Waals surface area contributed by atoms with Gasteiger partial charge in [-0.05, 0) is 43.4 Å². The number of carbonyl (C=O) groups excluding carboxylic acids is 1. The average Bonchev–Trinajstić information content (AvgIpc) is 2.38. The van der Waals surface area contributed by atoms with Crippen LogP contribution in [0, 0.1) is 11.7 Å². The fraction of sp³-hybridized carbons (Fsp3) is 0.562. The first-order valence-electron chi connectivity index (χ1n) is 7.13. The number of hydrogen-bond donors (Lipinski definition) is 0. The summed E-state index contributed by atoms with van der Waals surface area (Å²) < 4.78 is 13.1. The lowest BCUT2D eigenvalue weighted by Gasteiger charge is -2.38. The van der Waals surface area contributed by atoms with Gasteiger partial charge in [-0.25, -0.2) is 4.39 Å². The predicted molar refractivity (Wildman–Crippen MR) is 76.9 cm³/mol. The second-order valence-electron chi connectivity index (χ2n) is 5.75. The van der Waals surface area contributed by atoms with Gasteiger partial charge in [-0.2, -0.15) is 11.8 Å². The third-order valence-electron chi connectivity index (χ3n) is 4.25. The molecule has 1 aromatic carbocycles. The fourth-order valence-corrected chi connectivity index (χ4v) is 5.15. The number of rotatable bonds is 3. The molecule has 0 amide bonds. The molecule has 2 fully saturated rings. The zero-order chi connectivity index (χ0) is 13.2. The van der Waals surface area contributed by atoms with Crippen molar-refractivity contribution in [2.75, 3.05) is 0 Å². The second-order valence-corrected chi connectivity index (χ2v) is 7.36. The minimum Gasteiger partial charge on any atom is -0.299 e. The summed E-state index contributed by atoms with van der Waals surface area (Å²) in [7, 11) is 0. The molecular weight excluding hydrogens is 259 g/mol. The van der Waals surface area contributed by atoms with Gasteiger partial charge in [0.25, 0.3) is 0 Å². The highest BCUT2D eigenvalue weighted by molar-refractivity contribution is 8.00. The van der Waals surface area contributed by atoms with Crippen molar-refractivity contribution in [1.82, 2.24) is 0 Å². The van der Waals surface area contributed by atoms with Crippen LogP contribution in [0.5, 0.6) is 0 Å². The van der Waals surface area contributed by atoms with Crippen molar-refractivity contribution in [3.05, 3.63) is 35.6 Å². The molecule has 102 valence electrons. The summed E-state index contributed by atoms with van der Waals surface area (Å²) in [6.45, 7) is 0. The number of carbonyl (C=O) groups is 1. The Morgan fingerprint density at radius 2 is 2.00 bits per heavy atom. The number of halogens is 1. The first kappa shape index (κ1) is 13.2. The molecule has 2 unspecified atom stereocenters. The molecule has 1 aromatic rings. The summed E-state index contributed by atoms with van der Waals surface area (Å²) >= 11 is 2.09. The summed E-state index contributed by atoms with van der Waals surface area (Å²) in [5.74, 6) is 0.268. The molecule has 0 aromatic heterocycles. The molecule has 19 heavy (non-hydrogen) atoms. The lowest BCUT2D eigenvalue weighted by molar-refractivity contribution is -0.122. The molecule has 0 N–H and O–H groups in total. The Kier molecular flexibility index (Phi) is 3.92. The normalized spacial score (nSPS) is 30.1.